The lowest BCUT2D eigenvalue weighted by Gasteiger charge is -2.14. The number of rotatable bonds is 8. The SMILES string of the molecule is CNCCNC(=O)c1cc(CN(C)Cc2ccccc2)on1. The number of likely N-dealkylation sites (N-methyl/N-ethyl adjacent to an activating group) is 1. The molecular weight excluding hydrogens is 280 g/mol. The molecule has 6 heteroatoms. The first-order chi connectivity index (χ1) is 10.7. The van der Waals surface area contributed by atoms with Crippen LogP contribution in [0.4, 0.5) is 0 Å². The summed E-state index contributed by atoms with van der Waals surface area (Å²) in [4.78, 5) is 13.9. The first-order valence-electron chi connectivity index (χ1n) is 7.30. The molecule has 1 aromatic heterocycles. The molecule has 0 aliphatic heterocycles. The highest BCUT2D eigenvalue weighted by Crippen LogP contribution is 2.09. The average molecular weight is 302 g/mol. The summed E-state index contributed by atoms with van der Waals surface area (Å²) in [5.41, 5.74) is 1.55. The molecule has 1 amide bonds. The zero-order valence-corrected chi connectivity index (χ0v) is 13.0. The predicted octanol–water partition coefficient (Wildman–Crippen LogP) is 1.26. The van der Waals surface area contributed by atoms with Crippen LogP contribution in [0.1, 0.15) is 21.8 Å². The Morgan fingerprint density at radius 3 is 2.73 bits per heavy atom. The second-order valence-electron chi connectivity index (χ2n) is 5.20. The van der Waals surface area contributed by atoms with E-state index in [1.54, 1.807) is 6.07 Å². The number of nitrogens with zero attached hydrogens (tertiary/aromatic N) is 2. The van der Waals surface area contributed by atoms with Crippen LogP contribution in [0, 0.1) is 0 Å². The van der Waals surface area contributed by atoms with Crippen LogP contribution >= 0.6 is 0 Å². The number of carbonyl (C=O) groups excluding carboxylic acids is 1. The Labute approximate surface area is 130 Å². The molecule has 0 radical (unpaired) electrons. The zero-order chi connectivity index (χ0) is 15.8. The van der Waals surface area contributed by atoms with E-state index in [1.165, 1.54) is 5.56 Å². The summed E-state index contributed by atoms with van der Waals surface area (Å²) in [5, 5.41) is 9.55. The Balaban J connectivity index is 1.84. The van der Waals surface area contributed by atoms with Gasteiger partial charge in [-0.1, -0.05) is 35.5 Å². The topological polar surface area (TPSA) is 70.4 Å². The van der Waals surface area contributed by atoms with Gasteiger partial charge in [0.1, 0.15) is 0 Å². The number of hydrogen-bond donors (Lipinski definition) is 2. The van der Waals surface area contributed by atoms with Gasteiger partial charge in [-0.05, 0) is 19.7 Å². The number of carbonyl (C=O) groups is 1. The summed E-state index contributed by atoms with van der Waals surface area (Å²) in [6.07, 6.45) is 0. The molecule has 1 aromatic carbocycles. The number of amides is 1. The van der Waals surface area contributed by atoms with Crippen LogP contribution in [-0.4, -0.2) is 43.1 Å². The van der Waals surface area contributed by atoms with Crippen molar-refractivity contribution in [2.45, 2.75) is 13.1 Å². The monoisotopic (exact) mass is 302 g/mol. The van der Waals surface area contributed by atoms with Gasteiger partial charge < -0.3 is 15.2 Å². The normalized spacial score (nSPS) is 10.9. The van der Waals surface area contributed by atoms with Gasteiger partial charge >= 0.3 is 0 Å². The van der Waals surface area contributed by atoms with Gasteiger partial charge in [-0.2, -0.15) is 0 Å². The van der Waals surface area contributed by atoms with E-state index < -0.39 is 0 Å². The number of aromatic nitrogens is 1. The Morgan fingerprint density at radius 2 is 2.00 bits per heavy atom. The van der Waals surface area contributed by atoms with Gasteiger partial charge in [0, 0.05) is 25.7 Å². The van der Waals surface area contributed by atoms with Gasteiger partial charge in [0.05, 0.1) is 6.54 Å². The minimum atomic E-state index is -0.212. The van der Waals surface area contributed by atoms with Gasteiger partial charge in [0.2, 0.25) is 0 Å². The van der Waals surface area contributed by atoms with Gasteiger partial charge in [0.25, 0.3) is 5.91 Å². The second-order valence-corrected chi connectivity index (χ2v) is 5.20. The summed E-state index contributed by atoms with van der Waals surface area (Å²) in [5.74, 6) is 0.466. The standard InChI is InChI=1S/C16H22N4O2/c1-17-8-9-18-16(21)15-10-14(22-19-15)12-20(2)11-13-6-4-3-5-7-13/h3-7,10,17H,8-9,11-12H2,1-2H3,(H,18,21). The fourth-order valence-corrected chi connectivity index (χ4v) is 2.10. The number of hydrogen-bond acceptors (Lipinski definition) is 5. The van der Waals surface area contributed by atoms with Crippen molar-refractivity contribution in [3.05, 3.63) is 53.4 Å². The third-order valence-electron chi connectivity index (χ3n) is 3.17. The van der Waals surface area contributed by atoms with Crippen LogP contribution in [0.25, 0.3) is 0 Å². The zero-order valence-electron chi connectivity index (χ0n) is 13.0. The van der Waals surface area contributed by atoms with Crippen LogP contribution in [0.3, 0.4) is 0 Å². The van der Waals surface area contributed by atoms with E-state index in [9.17, 15) is 4.79 Å². The van der Waals surface area contributed by atoms with Crippen LogP contribution in [0.15, 0.2) is 40.9 Å². The van der Waals surface area contributed by atoms with E-state index >= 15 is 0 Å². The molecule has 2 aromatic rings. The van der Waals surface area contributed by atoms with Crippen molar-refractivity contribution in [1.82, 2.24) is 20.7 Å². The molecule has 0 atom stereocenters. The molecular formula is C16H22N4O2. The number of nitrogens with one attached hydrogen (secondary N) is 2. The van der Waals surface area contributed by atoms with Crippen molar-refractivity contribution >= 4 is 5.91 Å². The summed E-state index contributed by atoms with van der Waals surface area (Å²) in [6, 6.07) is 11.9. The maximum absolute atomic E-state index is 11.8. The lowest BCUT2D eigenvalue weighted by Crippen LogP contribution is -2.30. The molecule has 2 rings (SSSR count). The third-order valence-corrected chi connectivity index (χ3v) is 3.17. The summed E-state index contributed by atoms with van der Waals surface area (Å²) < 4.78 is 5.23. The van der Waals surface area contributed by atoms with E-state index in [4.69, 9.17) is 4.52 Å². The molecule has 1 heterocycles. The molecule has 0 aliphatic rings. The molecule has 0 unspecified atom stereocenters. The average Bonchev–Trinajstić information content (AvgIpc) is 2.97. The van der Waals surface area contributed by atoms with Crippen LogP contribution in [0.2, 0.25) is 0 Å². The summed E-state index contributed by atoms with van der Waals surface area (Å²) in [7, 11) is 3.84. The first kappa shape index (κ1) is 16.2. The smallest absolute Gasteiger partial charge is 0.273 e. The quantitative estimate of drug-likeness (QED) is 0.718. The molecule has 0 spiro atoms. The van der Waals surface area contributed by atoms with Crippen molar-refractivity contribution < 1.29 is 9.32 Å². The van der Waals surface area contributed by atoms with Crippen molar-refractivity contribution in [3.63, 3.8) is 0 Å². The minimum Gasteiger partial charge on any atom is -0.359 e. The summed E-state index contributed by atoms with van der Waals surface area (Å²) >= 11 is 0. The highest BCUT2D eigenvalue weighted by Gasteiger charge is 2.13. The van der Waals surface area contributed by atoms with E-state index in [0.717, 1.165) is 13.1 Å². The maximum atomic E-state index is 11.8. The Hall–Kier alpha value is -2.18. The molecule has 6 nitrogen and oxygen atoms in total. The highest BCUT2D eigenvalue weighted by molar-refractivity contribution is 5.92. The van der Waals surface area contributed by atoms with E-state index in [0.29, 0.717) is 24.5 Å². The molecule has 0 saturated carbocycles. The van der Waals surface area contributed by atoms with E-state index in [2.05, 4.69) is 32.8 Å². The molecule has 118 valence electrons. The van der Waals surface area contributed by atoms with Crippen molar-refractivity contribution in [2.24, 2.45) is 0 Å². The van der Waals surface area contributed by atoms with E-state index in [1.807, 2.05) is 32.3 Å². The van der Waals surface area contributed by atoms with Crippen molar-refractivity contribution in [1.29, 1.82) is 0 Å². The lowest BCUT2D eigenvalue weighted by molar-refractivity contribution is 0.0945. The largest absolute Gasteiger partial charge is 0.359 e. The molecule has 2 N–H and O–H groups in total. The van der Waals surface area contributed by atoms with Crippen LogP contribution in [0.5, 0.6) is 0 Å². The van der Waals surface area contributed by atoms with Gasteiger partial charge in [-0.3, -0.25) is 9.69 Å². The predicted molar refractivity (Wildman–Crippen MR) is 84.4 cm³/mol. The summed E-state index contributed by atoms with van der Waals surface area (Å²) in [6.45, 7) is 2.69. The second kappa shape index (κ2) is 8.31. The van der Waals surface area contributed by atoms with Crippen LogP contribution in [-0.2, 0) is 13.1 Å². The Bertz CT molecular complexity index is 583. The minimum absolute atomic E-state index is 0.212. The molecule has 0 saturated heterocycles. The van der Waals surface area contributed by atoms with E-state index in [-0.39, 0.29) is 5.91 Å². The van der Waals surface area contributed by atoms with Gasteiger partial charge in [-0.25, -0.2) is 0 Å². The molecule has 22 heavy (non-hydrogen) atoms. The number of benzene rings is 1. The Kier molecular flexibility index (Phi) is 6.12. The maximum Gasteiger partial charge on any atom is 0.273 e. The highest BCUT2D eigenvalue weighted by atomic mass is 16.5. The third kappa shape index (κ3) is 4.98. The van der Waals surface area contributed by atoms with Crippen LogP contribution < -0.4 is 10.6 Å². The molecule has 0 aliphatic carbocycles. The fourth-order valence-electron chi connectivity index (χ4n) is 2.10. The lowest BCUT2D eigenvalue weighted by atomic mass is 10.2. The first-order valence-corrected chi connectivity index (χ1v) is 7.30. The van der Waals surface area contributed by atoms with Gasteiger partial charge in [-0.15, -0.1) is 0 Å². The van der Waals surface area contributed by atoms with Gasteiger partial charge in [0.15, 0.2) is 11.5 Å². The molecule has 0 bridgehead atoms. The van der Waals surface area contributed by atoms with Crippen molar-refractivity contribution in [3.8, 4) is 0 Å². The molecule has 0 fully saturated rings. The fraction of sp³-hybridized carbons (Fsp3) is 0.375. The van der Waals surface area contributed by atoms with Crippen molar-refractivity contribution in [2.75, 3.05) is 27.2 Å². The Morgan fingerprint density at radius 1 is 1.23 bits per heavy atom.